The molecule has 1 N–H and O–H groups in total. The smallest absolute Gasteiger partial charge is 0.242 e. The van der Waals surface area contributed by atoms with Gasteiger partial charge in [-0.15, -0.1) is 0 Å². The zero-order valence-electron chi connectivity index (χ0n) is 15.9. The van der Waals surface area contributed by atoms with E-state index in [1.165, 1.54) is 26.6 Å². The molecule has 136 valence electrons. The molecule has 0 aliphatic rings. The molecule has 0 aliphatic carbocycles. The van der Waals surface area contributed by atoms with Crippen molar-refractivity contribution in [3.63, 3.8) is 0 Å². The Balaban J connectivity index is 2.09. The van der Waals surface area contributed by atoms with E-state index in [0.717, 1.165) is 12.1 Å². The molecule has 0 bridgehead atoms. The van der Waals surface area contributed by atoms with Gasteiger partial charge in [-0.25, -0.2) is 12.7 Å². The molecular formula is C20H28N2O2S. The van der Waals surface area contributed by atoms with Gasteiger partial charge in [-0.2, -0.15) is 0 Å². The largest absolute Gasteiger partial charge is 0.306 e. The molecule has 0 saturated carbocycles. The van der Waals surface area contributed by atoms with Crippen molar-refractivity contribution >= 4 is 10.0 Å². The topological polar surface area (TPSA) is 49.4 Å². The maximum absolute atomic E-state index is 12.1. The fraction of sp³-hybridized carbons (Fsp3) is 0.400. The lowest BCUT2D eigenvalue weighted by atomic mass is 10.0. The molecule has 0 amide bonds. The van der Waals surface area contributed by atoms with Crippen LogP contribution in [0.15, 0.2) is 41.3 Å². The number of rotatable bonds is 6. The number of aryl methyl sites for hydroxylation is 3. The van der Waals surface area contributed by atoms with Gasteiger partial charge in [-0.3, -0.25) is 0 Å². The van der Waals surface area contributed by atoms with Crippen LogP contribution in [0.2, 0.25) is 0 Å². The zero-order valence-corrected chi connectivity index (χ0v) is 16.7. The van der Waals surface area contributed by atoms with Gasteiger partial charge in [0.2, 0.25) is 10.0 Å². The average molecular weight is 361 g/mol. The van der Waals surface area contributed by atoms with Crippen molar-refractivity contribution in [2.75, 3.05) is 14.1 Å². The Morgan fingerprint density at radius 2 is 1.52 bits per heavy atom. The summed E-state index contributed by atoms with van der Waals surface area (Å²) in [6.45, 7) is 9.27. The highest BCUT2D eigenvalue weighted by Gasteiger charge is 2.17. The predicted molar refractivity (Wildman–Crippen MR) is 103 cm³/mol. The van der Waals surface area contributed by atoms with Gasteiger partial charge in [0.25, 0.3) is 0 Å². The molecule has 2 aromatic rings. The van der Waals surface area contributed by atoms with Crippen LogP contribution in [0.25, 0.3) is 0 Å². The molecule has 1 atom stereocenters. The Kier molecular flexibility index (Phi) is 6.03. The average Bonchev–Trinajstić information content (AvgIpc) is 2.56. The second-order valence-corrected chi connectivity index (χ2v) is 8.97. The van der Waals surface area contributed by atoms with Crippen LogP contribution in [-0.2, 0) is 16.6 Å². The summed E-state index contributed by atoms with van der Waals surface area (Å²) in [6, 6.07) is 11.7. The van der Waals surface area contributed by atoms with Crippen LogP contribution < -0.4 is 5.32 Å². The van der Waals surface area contributed by atoms with Crippen molar-refractivity contribution in [3.05, 3.63) is 64.2 Å². The summed E-state index contributed by atoms with van der Waals surface area (Å²) < 4.78 is 25.5. The summed E-state index contributed by atoms with van der Waals surface area (Å²) in [5.74, 6) is 0. The van der Waals surface area contributed by atoms with E-state index in [4.69, 9.17) is 0 Å². The molecule has 4 nitrogen and oxygen atoms in total. The number of nitrogens with zero attached hydrogens (tertiary/aromatic N) is 1. The molecule has 2 rings (SSSR count). The van der Waals surface area contributed by atoms with Gasteiger partial charge in [0.15, 0.2) is 0 Å². The molecule has 0 aliphatic heterocycles. The normalized spacial score (nSPS) is 13.2. The van der Waals surface area contributed by atoms with Gasteiger partial charge < -0.3 is 5.32 Å². The first-order valence-electron chi connectivity index (χ1n) is 8.45. The van der Waals surface area contributed by atoms with Gasteiger partial charge in [-0.05, 0) is 67.6 Å². The molecule has 5 heteroatoms. The third-order valence-corrected chi connectivity index (χ3v) is 6.54. The Bertz CT molecular complexity index is 841. The van der Waals surface area contributed by atoms with E-state index in [2.05, 4.69) is 45.1 Å². The number of hydrogen-bond donors (Lipinski definition) is 1. The zero-order chi connectivity index (χ0) is 18.8. The van der Waals surface area contributed by atoms with Crippen LogP contribution in [0, 0.1) is 20.8 Å². The summed E-state index contributed by atoms with van der Waals surface area (Å²) in [7, 11) is -0.294. The van der Waals surface area contributed by atoms with Crippen molar-refractivity contribution in [2.24, 2.45) is 0 Å². The molecule has 0 radical (unpaired) electrons. The summed E-state index contributed by atoms with van der Waals surface area (Å²) in [5.41, 5.74) is 6.26. The summed E-state index contributed by atoms with van der Waals surface area (Å²) >= 11 is 0. The SMILES string of the molecule is Cc1cc(C)c(CNC(C)c2ccc(S(=O)(=O)N(C)C)cc2)cc1C. The van der Waals surface area contributed by atoms with Crippen LogP contribution in [0.3, 0.4) is 0 Å². The van der Waals surface area contributed by atoms with Gasteiger partial charge in [0.1, 0.15) is 0 Å². The lowest BCUT2D eigenvalue weighted by molar-refractivity contribution is 0.520. The minimum atomic E-state index is -3.38. The van der Waals surface area contributed by atoms with Gasteiger partial charge in [0.05, 0.1) is 4.90 Å². The third kappa shape index (κ3) is 4.48. The molecule has 0 saturated heterocycles. The van der Waals surface area contributed by atoms with Crippen molar-refractivity contribution in [1.82, 2.24) is 9.62 Å². The Labute approximate surface area is 151 Å². The molecule has 0 aromatic heterocycles. The quantitative estimate of drug-likeness (QED) is 0.854. The number of nitrogens with one attached hydrogen (secondary N) is 1. The van der Waals surface area contributed by atoms with Crippen LogP contribution >= 0.6 is 0 Å². The maximum atomic E-state index is 12.1. The molecule has 2 aromatic carbocycles. The monoisotopic (exact) mass is 360 g/mol. The Hall–Kier alpha value is -1.69. The lowest BCUT2D eigenvalue weighted by Gasteiger charge is -2.17. The van der Waals surface area contributed by atoms with Crippen LogP contribution in [-0.4, -0.2) is 26.8 Å². The highest BCUT2D eigenvalue weighted by Crippen LogP contribution is 2.20. The van der Waals surface area contributed by atoms with Gasteiger partial charge in [-0.1, -0.05) is 24.3 Å². The Morgan fingerprint density at radius 1 is 0.960 bits per heavy atom. The summed E-state index contributed by atoms with van der Waals surface area (Å²) in [5, 5.41) is 3.52. The fourth-order valence-electron chi connectivity index (χ4n) is 2.73. The van der Waals surface area contributed by atoms with Crippen molar-refractivity contribution in [1.29, 1.82) is 0 Å². The summed E-state index contributed by atoms with van der Waals surface area (Å²) in [6.07, 6.45) is 0. The third-order valence-electron chi connectivity index (χ3n) is 4.71. The first-order chi connectivity index (χ1) is 11.6. The molecule has 0 heterocycles. The molecule has 25 heavy (non-hydrogen) atoms. The van der Waals surface area contributed by atoms with E-state index in [1.54, 1.807) is 26.2 Å². The number of benzene rings is 2. The van der Waals surface area contributed by atoms with E-state index < -0.39 is 10.0 Å². The second kappa shape index (κ2) is 7.68. The van der Waals surface area contributed by atoms with E-state index in [-0.39, 0.29) is 6.04 Å². The maximum Gasteiger partial charge on any atom is 0.242 e. The standard InChI is InChI=1S/C20H28N2O2S/c1-14-11-16(3)19(12-15(14)2)13-21-17(4)18-7-9-20(10-8-18)25(23,24)22(5)6/h7-12,17,21H,13H2,1-6H3. The molecular weight excluding hydrogens is 332 g/mol. The van der Waals surface area contributed by atoms with Gasteiger partial charge in [0, 0.05) is 26.7 Å². The predicted octanol–water partition coefficient (Wildman–Crippen LogP) is 3.71. The van der Waals surface area contributed by atoms with E-state index in [0.29, 0.717) is 4.90 Å². The first kappa shape index (κ1) is 19.6. The van der Waals surface area contributed by atoms with Gasteiger partial charge >= 0.3 is 0 Å². The molecule has 0 fully saturated rings. The Morgan fingerprint density at radius 3 is 2.08 bits per heavy atom. The number of hydrogen-bond acceptors (Lipinski definition) is 3. The minimum absolute atomic E-state index is 0.136. The van der Waals surface area contributed by atoms with Crippen molar-refractivity contribution < 1.29 is 8.42 Å². The van der Waals surface area contributed by atoms with Crippen molar-refractivity contribution in [3.8, 4) is 0 Å². The van der Waals surface area contributed by atoms with E-state index in [1.807, 2.05) is 12.1 Å². The molecule has 1 unspecified atom stereocenters. The molecule has 0 spiro atoms. The lowest BCUT2D eigenvalue weighted by Crippen LogP contribution is -2.22. The van der Waals surface area contributed by atoms with Crippen LogP contribution in [0.1, 0.15) is 40.8 Å². The van der Waals surface area contributed by atoms with Crippen LogP contribution in [0.4, 0.5) is 0 Å². The number of sulfonamides is 1. The van der Waals surface area contributed by atoms with Crippen LogP contribution in [0.5, 0.6) is 0 Å². The minimum Gasteiger partial charge on any atom is -0.306 e. The first-order valence-corrected chi connectivity index (χ1v) is 9.89. The summed E-state index contributed by atoms with van der Waals surface area (Å²) in [4.78, 5) is 0.318. The van der Waals surface area contributed by atoms with E-state index in [9.17, 15) is 8.42 Å². The second-order valence-electron chi connectivity index (χ2n) is 6.82. The fourth-order valence-corrected chi connectivity index (χ4v) is 3.63. The highest BCUT2D eigenvalue weighted by atomic mass is 32.2. The highest BCUT2D eigenvalue weighted by molar-refractivity contribution is 7.89. The van der Waals surface area contributed by atoms with Crippen molar-refractivity contribution in [2.45, 2.75) is 45.2 Å². The van der Waals surface area contributed by atoms with E-state index >= 15 is 0 Å².